The first-order valence-corrected chi connectivity index (χ1v) is 12.0. The molecule has 0 spiro atoms. The Morgan fingerprint density at radius 2 is 1.86 bits per heavy atom. The molecule has 1 aliphatic carbocycles. The molecular weight excluding hydrogens is 392 g/mol. The highest BCUT2D eigenvalue weighted by Crippen LogP contribution is 2.35. The van der Waals surface area contributed by atoms with Gasteiger partial charge in [0.15, 0.2) is 0 Å². The molecule has 2 aromatic rings. The van der Waals surface area contributed by atoms with Gasteiger partial charge in [0.1, 0.15) is 0 Å². The highest BCUT2D eigenvalue weighted by atomic mass is 32.2. The van der Waals surface area contributed by atoms with Gasteiger partial charge in [-0.1, -0.05) is 39.0 Å². The number of aryl methyl sites for hydroxylation is 1. The quantitative estimate of drug-likeness (QED) is 0.677. The number of carbonyl (C=O) groups excluding carboxylic acids is 1. The van der Waals surface area contributed by atoms with Gasteiger partial charge in [0.25, 0.3) is 0 Å². The van der Waals surface area contributed by atoms with Crippen LogP contribution in [0.25, 0.3) is 0 Å². The average Bonchev–Trinajstić information content (AvgIpc) is 3.26. The van der Waals surface area contributed by atoms with Crippen molar-refractivity contribution in [2.75, 3.05) is 0 Å². The molecule has 1 saturated carbocycles. The zero-order valence-electron chi connectivity index (χ0n) is 16.6. The molecule has 0 aliphatic heterocycles. The number of hydrogen-bond acceptors (Lipinski definition) is 4. The molecule has 3 rings (SSSR count). The van der Waals surface area contributed by atoms with Crippen molar-refractivity contribution in [2.45, 2.75) is 63.4 Å². The molecule has 1 aliphatic rings. The van der Waals surface area contributed by atoms with E-state index in [0.29, 0.717) is 12.8 Å². The minimum atomic E-state index is -3.43. The van der Waals surface area contributed by atoms with Gasteiger partial charge in [-0.2, -0.15) is 0 Å². The van der Waals surface area contributed by atoms with E-state index in [-0.39, 0.29) is 28.3 Å². The molecular formula is C21H28N2O3S2. The summed E-state index contributed by atoms with van der Waals surface area (Å²) in [5, 5.41) is 5.18. The largest absolute Gasteiger partial charge is 0.348 e. The van der Waals surface area contributed by atoms with Crippen LogP contribution < -0.4 is 10.0 Å². The summed E-state index contributed by atoms with van der Waals surface area (Å²) in [6, 6.07) is 10.9. The van der Waals surface area contributed by atoms with Gasteiger partial charge in [-0.25, -0.2) is 13.1 Å². The second-order valence-corrected chi connectivity index (χ2v) is 11.1. The fourth-order valence-corrected chi connectivity index (χ4v) is 5.31. The van der Waals surface area contributed by atoms with E-state index in [9.17, 15) is 13.2 Å². The van der Waals surface area contributed by atoms with Gasteiger partial charge in [-0.3, -0.25) is 4.79 Å². The van der Waals surface area contributed by atoms with Crippen molar-refractivity contribution in [3.05, 3.63) is 52.2 Å². The van der Waals surface area contributed by atoms with Crippen LogP contribution in [0, 0.1) is 5.41 Å². The number of hydrogen-bond donors (Lipinski definition) is 2. The van der Waals surface area contributed by atoms with Crippen molar-refractivity contribution in [3.63, 3.8) is 0 Å². The van der Waals surface area contributed by atoms with Gasteiger partial charge in [0.05, 0.1) is 10.9 Å². The SMILES string of the molecule is CC(C)(C)C(NC(=O)CCc1ccc(S(=O)(=O)NC2CC2)cc1)c1cccs1. The van der Waals surface area contributed by atoms with Gasteiger partial charge in [-0.15, -0.1) is 11.3 Å². The van der Waals surface area contributed by atoms with E-state index in [0.717, 1.165) is 23.3 Å². The van der Waals surface area contributed by atoms with E-state index >= 15 is 0 Å². The molecule has 1 heterocycles. The van der Waals surface area contributed by atoms with Crippen LogP contribution in [-0.2, 0) is 21.2 Å². The lowest BCUT2D eigenvalue weighted by atomic mass is 9.85. The van der Waals surface area contributed by atoms with Crippen LogP contribution in [0.1, 0.15) is 56.5 Å². The van der Waals surface area contributed by atoms with Gasteiger partial charge >= 0.3 is 0 Å². The fraction of sp³-hybridized carbons (Fsp3) is 0.476. The van der Waals surface area contributed by atoms with E-state index in [4.69, 9.17) is 0 Å². The second-order valence-electron chi connectivity index (χ2n) is 8.42. The first kappa shape index (κ1) is 21.0. The van der Waals surface area contributed by atoms with Crippen molar-refractivity contribution >= 4 is 27.3 Å². The number of sulfonamides is 1. The smallest absolute Gasteiger partial charge is 0.240 e. The van der Waals surface area contributed by atoms with Gasteiger partial charge in [0, 0.05) is 17.3 Å². The summed E-state index contributed by atoms with van der Waals surface area (Å²) in [5.74, 6) is 0.000392. The molecule has 5 nitrogen and oxygen atoms in total. The van der Waals surface area contributed by atoms with Crippen molar-refractivity contribution in [3.8, 4) is 0 Å². The van der Waals surface area contributed by atoms with Gasteiger partial charge < -0.3 is 5.32 Å². The molecule has 1 unspecified atom stereocenters. The monoisotopic (exact) mass is 420 g/mol. The normalized spacial score (nSPS) is 16.0. The molecule has 1 aromatic heterocycles. The summed E-state index contributed by atoms with van der Waals surface area (Å²) < 4.78 is 27.1. The lowest BCUT2D eigenvalue weighted by Gasteiger charge is -2.30. The number of amides is 1. The first-order chi connectivity index (χ1) is 13.1. The minimum absolute atomic E-state index is 0.000392. The summed E-state index contributed by atoms with van der Waals surface area (Å²) in [4.78, 5) is 13.9. The maximum atomic E-state index is 12.5. The second kappa shape index (κ2) is 8.35. The predicted octanol–water partition coefficient (Wildman–Crippen LogP) is 4.03. The third-order valence-corrected chi connectivity index (χ3v) is 7.25. The maximum Gasteiger partial charge on any atom is 0.240 e. The first-order valence-electron chi connectivity index (χ1n) is 9.59. The van der Waals surface area contributed by atoms with Crippen LogP contribution in [0.4, 0.5) is 0 Å². The highest BCUT2D eigenvalue weighted by Gasteiger charge is 2.29. The molecule has 1 aromatic carbocycles. The average molecular weight is 421 g/mol. The van der Waals surface area contributed by atoms with Crippen LogP contribution in [0.15, 0.2) is 46.7 Å². The molecule has 152 valence electrons. The number of carbonyl (C=O) groups is 1. The number of benzene rings is 1. The van der Waals surface area contributed by atoms with Gasteiger partial charge in [-0.05, 0) is 53.8 Å². The number of nitrogens with one attached hydrogen (secondary N) is 2. The molecule has 0 saturated heterocycles. The predicted molar refractivity (Wildman–Crippen MR) is 113 cm³/mol. The van der Waals surface area contributed by atoms with Crippen molar-refractivity contribution < 1.29 is 13.2 Å². The molecule has 0 radical (unpaired) electrons. The summed E-state index contributed by atoms with van der Waals surface area (Å²) >= 11 is 1.65. The molecule has 7 heteroatoms. The third-order valence-electron chi connectivity index (χ3n) is 4.77. The number of rotatable bonds is 8. The molecule has 0 bridgehead atoms. The Bertz CT molecular complexity index is 894. The van der Waals surface area contributed by atoms with Crippen LogP contribution in [0.3, 0.4) is 0 Å². The lowest BCUT2D eigenvalue weighted by molar-refractivity contribution is -0.122. The van der Waals surface area contributed by atoms with E-state index in [1.54, 1.807) is 35.6 Å². The van der Waals surface area contributed by atoms with E-state index in [1.807, 2.05) is 11.4 Å². The van der Waals surface area contributed by atoms with Crippen LogP contribution in [0.5, 0.6) is 0 Å². The Kier molecular flexibility index (Phi) is 6.27. The number of thiophene rings is 1. The van der Waals surface area contributed by atoms with E-state index in [2.05, 4.69) is 36.9 Å². The molecule has 28 heavy (non-hydrogen) atoms. The van der Waals surface area contributed by atoms with Crippen LogP contribution in [-0.4, -0.2) is 20.4 Å². The maximum absolute atomic E-state index is 12.5. The Balaban J connectivity index is 1.56. The Hall–Kier alpha value is -1.70. The van der Waals surface area contributed by atoms with E-state index in [1.165, 1.54) is 0 Å². The summed E-state index contributed by atoms with van der Waals surface area (Å²) in [6.45, 7) is 6.35. The zero-order chi connectivity index (χ0) is 20.4. The summed E-state index contributed by atoms with van der Waals surface area (Å²) in [5.41, 5.74) is 0.870. The summed E-state index contributed by atoms with van der Waals surface area (Å²) in [7, 11) is -3.43. The van der Waals surface area contributed by atoms with Gasteiger partial charge in [0.2, 0.25) is 15.9 Å². The Morgan fingerprint density at radius 1 is 1.18 bits per heavy atom. The van der Waals surface area contributed by atoms with Crippen molar-refractivity contribution in [2.24, 2.45) is 5.41 Å². The molecule has 1 atom stereocenters. The lowest BCUT2D eigenvalue weighted by Crippen LogP contribution is -2.36. The van der Waals surface area contributed by atoms with Crippen molar-refractivity contribution in [1.29, 1.82) is 0 Å². The molecule has 1 amide bonds. The summed E-state index contributed by atoms with van der Waals surface area (Å²) in [6.07, 6.45) is 2.76. The highest BCUT2D eigenvalue weighted by molar-refractivity contribution is 7.89. The van der Waals surface area contributed by atoms with Crippen LogP contribution in [0.2, 0.25) is 0 Å². The molecule has 1 fully saturated rings. The fourth-order valence-electron chi connectivity index (χ4n) is 2.98. The topological polar surface area (TPSA) is 75.3 Å². The Labute approximate surface area is 171 Å². The Morgan fingerprint density at radius 3 is 2.39 bits per heavy atom. The molecule has 2 N–H and O–H groups in total. The standard InChI is InChI=1S/C21H28N2O3S2/c1-21(2,3)20(18-5-4-14-27-18)22-19(24)13-8-15-6-11-17(12-7-15)28(25,26)23-16-9-10-16/h4-7,11-12,14,16,20,23H,8-10,13H2,1-3H3,(H,22,24). The minimum Gasteiger partial charge on any atom is -0.348 e. The van der Waals surface area contributed by atoms with Crippen molar-refractivity contribution in [1.82, 2.24) is 10.0 Å². The van der Waals surface area contributed by atoms with E-state index < -0.39 is 10.0 Å². The third kappa shape index (κ3) is 5.65. The van der Waals surface area contributed by atoms with Crippen LogP contribution >= 0.6 is 11.3 Å². The zero-order valence-corrected chi connectivity index (χ0v) is 18.2.